The van der Waals surface area contributed by atoms with E-state index in [2.05, 4.69) is 29.0 Å². The minimum Gasteiger partial charge on any atom is -0.356 e. The van der Waals surface area contributed by atoms with Gasteiger partial charge in [-0.25, -0.2) is 4.98 Å². The Labute approximate surface area is 138 Å². The van der Waals surface area contributed by atoms with E-state index in [1.165, 1.54) is 6.07 Å². The van der Waals surface area contributed by atoms with Crippen molar-refractivity contribution in [2.75, 3.05) is 18.0 Å². The Balaban J connectivity index is 1.77. The second-order valence-electron chi connectivity index (χ2n) is 6.38. The first kappa shape index (κ1) is 16.7. The summed E-state index contributed by atoms with van der Waals surface area (Å²) in [6.07, 6.45) is 0.204. The van der Waals surface area contributed by atoms with Crippen molar-refractivity contribution in [3.63, 3.8) is 0 Å². The van der Waals surface area contributed by atoms with Gasteiger partial charge in [-0.05, 0) is 38.8 Å². The van der Waals surface area contributed by atoms with Gasteiger partial charge in [0.25, 0.3) is 0 Å². The maximum absolute atomic E-state index is 12.7. The average Bonchev–Trinajstić information content (AvgIpc) is 3.04. The van der Waals surface area contributed by atoms with Crippen LogP contribution in [0.25, 0.3) is 0 Å². The fraction of sp³-hybridized carbons (Fsp3) is 0.562. The fourth-order valence-corrected chi connectivity index (χ4v) is 3.08. The van der Waals surface area contributed by atoms with Crippen LogP contribution in [0.3, 0.4) is 0 Å². The van der Waals surface area contributed by atoms with E-state index in [9.17, 15) is 13.2 Å². The van der Waals surface area contributed by atoms with E-state index in [0.717, 1.165) is 37.5 Å². The molecule has 0 bridgehead atoms. The first-order valence-corrected chi connectivity index (χ1v) is 8.04. The molecule has 3 rings (SSSR count). The van der Waals surface area contributed by atoms with Gasteiger partial charge in [0, 0.05) is 31.2 Å². The van der Waals surface area contributed by atoms with Gasteiger partial charge in [0.15, 0.2) is 0 Å². The van der Waals surface area contributed by atoms with Crippen molar-refractivity contribution >= 4 is 5.82 Å². The Hall–Kier alpha value is -2.12. The predicted molar refractivity (Wildman–Crippen MR) is 83.8 cm³/mol. The molecule has 24 heavy (non-hydrogen) atoms. The van der Waals surface area contributed by atoms with E-state index in [0.29, 0.717) is 12.4 Å². The summed E-state index contributed by atoms with van der Waals surface area (Å²) in [4.78, 5) is 6.03. The summed E-state index contributed by atoms with van der Waals surface area (Å²) in [7, 11) is 0. The second kappa shape index (κ2) is 6.41. The highest BCUT2D eigenvalue weighted by Crippen LogP contribution is 2.32. The van der Waals surface area contributed by atoms with Gasteiger partial charge in [0.2, 0.25) is 0 Å². The lowest BCUT2D eigenvalue weighted by atomic mass is 9.97. The third-order valence-corrected chi connectivity index (χ3v) is 4.34. The van der Waals surface area contributed by atoms with Gasteiger partial charge in [-0.15, -0.1) is 10.2 Å². The van der Waals surface area contributed by atoms with Crippen LogP contribution in [0.1, 0.15) is 50.0 Å². The minimum atomic E-state index is -4.36. The Morgan fingerprint density at radius 1 is 1.25 bits per heavy atom. The van der Waals surface area contributed by atoms with E-state index >= 15 is 0 Å². The lowest BCUT2D eigenvalue weighted by Crippen LogP contribution is -2.36. The molecule has 1 fully saturated rings. The summed E-state index contributed by atoms with van der Waals surface area (Å²) in [5, 5.41) is 8.26. The smallest absolute Gasteiger partial charge is 0.356 e. The molecule has 0 aliphatic carbocycles. The Bertz CT molecular complexity index is 678. The monoisotopic (exact) mass is 339 g/mol. The van der Waals surface area contributed by atoms with E-state index in [1.54, 1.807) is 6.33 Å². The van der Waals surface area contributed by atoms with E-state index in [1.807, 2.05) is 9.47 Å². The number of piperidine rings is 1. The van der Waals surface area contributed by atoms with Crippen LogP contribution < -0.4 is 4.90 Å². The quantitative estimate of drug-likeness (QED) is 0.856. The maximum Gasteiger partial charge on any atom is 0.417 e. The number of pyridine rings is 1. The molecule has 1 unspecified atom stereocenters. The van der Waals surface area contributed by atoms with Gasteiger partial charge in [0.05, 0.1) is 5.56 Å². The van der Waals surface area contributed by atoms with Crippen molar-refractivity contribution in [3.8, 4) is 0 Å². The first-order valence-electron chi connectivity index (χ1n) is 8.04. The fourth-order valence-electron chi connectivity index (χ4n) is 3.08. The second-order valence-corrected chi connectivity index (χ2v) is 6.38. The van der Waals surface area contributed by atoms with Gasteiger partial charge < -0.3 is 9.47 Å². The highest BCUT2D eigenvalue weighted by molar-refractivity contribution is 5.41. The number of halogens is 3. The van der Waals surface area contributed by atoms with Crippen LogP contribution >= 0.6 is 0 Å². The van der Waals surface area contributed by atoms with Gasteiger partial charge in [-0.1, -0.05) is 0 Å². The highest BCUT2D eigenvalue weighted by Gasteiger charge is 2.31. The molecular weight excluding hydrogens is 319 g/mol. The Morgan fingerprint density at radius 2 is 2.04 bits per heavy atom. The highest BCUT2D eigenvalue weighted by atomic mass is 19.4. The summed E-state index contributed by atoms with van der Waals surface area (Å²) in [5.41, 5.74) is -0.723. The number of anilines is 1. The molecule has 1 atom stereocenters. The molecule has 0 N–H and O–H groups in total. The zero-order valence-corrected chi connectivity index (χ0v) is 13.7. The molecule has 0 spiro atoms. The van der Waals surface area contributed by atoms with Crippen LogP contribution in [0.15, 0.2) is 24.7 Å². The molecule has 3 heterocycles. The minimum absolute atomic E-state index is 0.202. The number of nitrogens with zero attached hydrogens (tertiary/aromatic N) is 5. The number of alkyl halides is 3. The van der Waals surface area contributed by atoms with Crippen LogP contribution in [-0.2, 0) is 6.18 Å². The summed E-state index contributed by atoms with van der Waals surface area (Å²) < 4.78 is 40.0. The zero-order valence-electron chi connectivity index (χ0n) is 13.7. The van der Waals surface area contributed by atoms with Crippen molar-refractivity contribution in [2.45, 2.75) is 44.8 Å². The molecular formula is C16H20F3N5. The number of aromatic nitrogens is 4. The normalized spacial score (nSPS) is 19.1. The Morgan fingerprint density at radius 3 is 2.67 bits per heavy atom. The molecule has 1 saturated heterocycles. The molecule has 1 aliphatic rings. The number of rotatable bonds is 3. The molecule has 2 aromatic heterocycles. The summed E-state index contributed by atoms with van der Waals surface area (Å²) in [5.74, 6) is 1.71. The maximum atomic E-state index is 12.7. The lowest BCUT2D eigenvalue weighted by Gasteiger charge is -2.33. The largest absolute Gasteiger partial charge is 0.417 e. The van der Waals surface area contributed by atoms with Gasteiger partial charge in [-0.3, -0.25) is 0 Å². The first-order chi connectivity index (χ1) is 11.4. The Kier molecular flexibility index (Phi) is 4.47. The summed E-state index contributed by atoms with van der Waals surface area (Å²) in [6.45, 7) is 5.62. The van der Waals surface area contributed by atoms with E-state index in [-0.39, 0.29) is 12.0 Å². The topological polar surface area (TPSA) is 46.8 Å². The van der Waals surface area contributed by atoms with Crippen LogP contribution in [0.5, 0.6) is 0 Å². The molecule has 130 valence electrons. The molecule has 1 aliphatic heterocycles. The third-order valence-electron chi connectivity index (χ3n) is 4.34. The van der Waals surface area contributed by atoms with Gasteiger partial charge in [-0.2, -0.15) is 13.2 Å². The molecule has 0 radical (unpaired) electrons. The van der Waals surface area contributed by atoms with Crippen molar-refractivity contribution in [2.24, 2.45) is 0 Å². The van der Waals surface area contributed by atoms with Crippen LogP contribution in [-0.4, -0.2) is 32.8 Å². The van der Waals surface area contributed by atoms with Crippen molar-refractivity contribution in [1.82, 2.24) is 19.7 Å². The summed E-state index contributed by atoms with van der Waals surface area (Å²) >= 11 is 0. The van der Waals surface area contributed by atoms with Gasteiger partial charge in [0.1, 0.15) is 18.0 Å². The van der Waals surface area contributed by atoms with E-state index < -0.39 is 11.7 Å². The van der Waals surface area contributed by atoms with E-state index in [4.69, 9.17) is 0 Å². The molecule has 0 aromatic carbocycles. The predicted octanol–water partition coefficient (Wildman–Crippen LogP) is 3.66. The summed E-state index contributed by atoms with van der Waals surface area (Å²) in [6, 6.07) is 2.80. The lowest BCUT2D eigenvalue weighted by molar-refractivity contribution is -0.137. The SMILES string of the molecule is CC(C)n1cnnc1C1CCCN(c2ccc(C(F)(F)F)cn2)C1. The third kappa shape index (κ3) is 3.37. The number of hydrogen-bond acceptors (Lipinski definition) is 4. The average molecular weight is 339 g/mol. The molecule has 0 amide bonds. The van der Waals surface area contributed by atoms with Crippen LogP contribution in [0, 0.1) is 0 Å². The van der Waals surface area contributed by atoms with Crippen LogP contribution in [0.2, 0.25) is 0 Å². The van der Waals surface area contributed by atoms with Crippen molar-refractivity contribution in [1.29, 1.82) is 0 Å². The number of hydrogen-bond donors (Lipinski definition) is 0. The molecule has 5 nitrogen and oxygen atoms in total. The standard InChI is InChI=1S/C16H20F3N5/c1-11(2)24-10-21-22-15(24)12-4-3-7-23(9-12)14-6-5-13(8-20-14)16(17,18)19/h5-6,8,10-12H,3-4,7,9H2,1-2H3. The van der Waals surface area contributed by atoms with Crippen molar-refractivity contribution in [3.05, 3.63) is 36.0 Å². The molecule has 0 saturated carbocycles. The molecule has 2 aromatic rings. The van der Waals surface area contributed by atoms with Crippen molar-refractivity contribution < 1.29 is 13.2 Å². The van der Waals surface area contributed by atoms with Crippen LogP contribution in [0.4, 0.5) is 19.0 Å². The van der Waals surface area contributed by atoms with Gasteiger partial charge >= 0.3 is 6.18 Å². The zero-order chi connectivity index (χ0) is 17.3. The molecule has 8 heteroatoms.